The minimum Gasteiger partial charge on any atom is -0.366 e. The maximum atomic E-state index is 14.0. The van der Waals surface area contributed by atoms with E-state index >= 15 is 0 Å². The maximum Gasteiger partial charge on any atom is 0.146 e. The largest absolute Gasteiger partial charge is 0.366 e. The summed E-state index contributed by atoms with van der Waals surface area (Å²) in [5.41, 5.74) is 1.62. The first-order chi connectivity index (χ1) is 13.7. The third-order valence-corrected chi connectivity index (χ3v) is 4.84. The van der Waals surface area contributed by atoms with Crippen LogP contribution in [0.3, 0.4) is 0 Å². The van der Waals surface area contributed by atoms with Crippen LogP contribution in [0, 0.1) is 11.6 Å². The fourth-order valence-corrected chi connectivity index (χ4v) is 3.30. The summed E-state index contributed by atoms with van der Waals surface area (Å²) in [6.45, 7) is 3.51. The lowest BCUT2D eigenvalue weighted by Crippen LogP contribution is -2.47. The molecule has 0 unspecified atom stereocenters. The fraction of sp³-hybridized carbons (Fsp3) is 0.238. The molecule has 0 saturated carbocycles. The third-order valence-electron chi connectivity index (χ3n) is 4.84. The molecule has 0 spiro atoms. The number of hydrogen-bond acceptors (Lipinski definition) is 5. The number of nitrogens with one attached hydrogen (secondary N) is 1. The highest BCUT2D eigenvalue weighted by Crippen LogP contribution is 2.22. The van der Waals surface area contributed by atoms with Gasteiger partial charge in [0.15, 0.2) is 0 Å². The van der Waals surface area contributed by atoms with Crippen molar-refractivity contribution >= 4 is 17.3 Å². The van der Waals surface area contributed by atoms with Crippen LogP contribution in [0.2, 0.25) is 0 Å². The van der Waals surface area contributed by atoms with E-state index in [-0.39, 0.29) is 11.6 Å². The first kappa shape index (κ1) is 18.2. The number of aromatic nitrogens is 2. The highest BCUT2D eigenvalue weighted by Gasteiger charge is 2.20. The first-order valence-corrected chi connectivity index (χ1v) is 9.24. The van der Waals surface area contributed by atoms with Crippen LogP contribution in [0.5, 0.6) is 0 Å². The van der Waals surface area contributed by atoms with Crippen LogP contribution < -0.4 is 15.1 Å². The summed E-state index contributed by atoms with van der Waals surface area (Å²) in [6, 6.07) is 15.1. The maximum absolute atomic E-state index is 14.0. The molecule has 144 valence electrons. The Morgan fingerprint density at radius 2 is 1.57 bits per heavy atom. The van der Waals surface area contributed by atoms with Crippen LogP contribution in [-0.2, 0) is 6.54 Å². The number of rotatable bonds is 5. The van der Waals surface area contributed by atoms with Crippen molar-refractivity contribution in [2.75, 3.05) is 41.3 Å². The molecular formula is C21H21F2N5. The van der Waals surface area contributed by atoms with E-state index in [4.69, 9.17) is 0 Å². The number of piperazine rings is 1. The number of anilines is 3. The minimum absolute atomic E-state index is 0.190. The molecule has 0 aliphatic carbocycles. The Hall–Kier alpha value is -3.22. The monoisotopic (exact) mass is 381 g/mol. The molecule has 1 N–H and O–H groups in total. The van der Waals surface area contributed by atoms with Crippen molar-refractivity contribution < 1.29 is 8.78 Å². The van der Waals surface area contributed by atoms with Gasteiger partial charge >= 0.3 is 0 Å². The summed E-state index contributed by atoms with van der Waals surface area (Å²) in [7, 11) is 0. The molecule has 0 amide bonds. The van der Waals surface area contributed by atoms with Crippen molar-refractivity contribution in [2.45, 2.75) is 6.54 Å². The molecule has 1 saturated heterocycles. The summed E-state index contributed by atoms with van der Waals surface area (Å²) in [5.74, 6) is 1.11. The summed E-state index contributed by atoms with van der Waals surface area (Å²) in [4.78, 5) is 12.9. The van der Waals surface area contributed by atoms with Gasteiger partial charge in [0, 0.05) is 38.8 Å². The molecule has 2 aromatic carbocycles. The molecule has 28 heavy (non-hydrogen) atoms. The predicted molar refractivity (Wildman–Crippen MR) is 107 cm³/mol. The van der Waals surface area contributed by atoms with Crippen molar-refractivity contribution in [3.05, 3.63) is 78.1 Å². The average Bonchev–Trinajstić information content (AvgIpc) is 2.74. The first-order valence-electron chi connectivity index (χ1n) is 9.24. The molecule has 1 aliphatic rings. The molecule has 7 heteroatoms. The van der Waals surface area contributed by atoms with E-state index in [0.29, 0.717) is 18.1 Å². The van der Waals surface area contributed by atoms with E-state index in [1.54, 1.807) is 18.2 Å². The topological polar surface area (TPSA) is 44.3 Å². The van der Waals surface area contributed by atoms with Crippen LogP contribution >= 0.6 is 0 Å². The number of nitrogens with zero attached hydrogens (tertiary/aromatic N) is 4. The van der Waals surface area contributed by atoms with Crippen LogP contribution in [0.1, 0.15) is 5.56 Å². The molecule has 0 atom stereocenters. The SMILES string of the molecule is Fc1ccc(CNc2cc(N3CCN(c4ccccc4F)CC3)ncn2)cc1. The molecule has 4 rings (SSSR count). The zero-order valence-electron chi connectivity index (χ0n) is 15.4. The van der Waals surface area contributed by atoms with Gasteiger partial charge < -0.3 is 15.1 Å². The number of halogens is 2. The van der Waals surface area contributed by atoms with E-state index < -0.39 is 0 Å². The van der Waals surface area contributed by atoms with Crippen molar-refractivity contribution in [2.24, 2.45) is 0 Å². The highest BCUT2D eigenvalue weighted by molar-refractivity contribution is 5.52. The molecule has 0 bridgehead atoms. The average molecular weight is 381 g/mol. The van der Waals surface area contributed by atoms with Gasteiger partial charge in [-0.2, -0.15) is 0 Å². The molecule has 1 aromatic heterocycles. The molecular weight excluding hydrogens is 360 g/mol. The van der Waals surface area contributed by atoms with Gasteiger partial charge in [-0.15, -0.1) is 0 Å². The van der Waals surface area contributed by atoms with Crippen molar-refractivity contribution in [1.29, 1.82) is 0 Å². The Balaban J connectivity index is 1.37. The molecule has 1 aliphatic heterocycles. The number of para-hydroxylation sites is 1. The lowest BCUT2D eigenvalue weighted by atomic mass is 10.2. The van der Waals surface area contributed by atoms with Gasteiger partial charge in [-0.25, -0.2) is 18.7 Å². The lowest BCUT2D eigenvalue weighted by Gasteiger charge is -2.36. The van der Waals surface area contributed by atoms with E-state index in [1.807, 2.05) is 18.2 Å². The Kier molecular flexibility index (Phi) is 5.32. The zero-order chi connectivity index (χ0) is 19.3. The second kappa shape index (κ2) is 8.21. The Morgan fingerprint density at radius 1 is 0.857 bits per heavy atom. The summed E-state index contributed by atoms with van der Waals surface area (Å²) in [6.07, 6.45) is 1.53. The second-order valence-electron chi connectivity index (χ2n) is 6.67. The van der Waals surface area contributed by atoms with E-state index in [1.165, 1.54) is 24.5 Å². The Morgan fingerprint density at radius 3 is 2.32 bits per heavy atom. The Labute approximate surface area is 162 Å². The van der Waals surface area contributed by atoms with Crippen molar-refractivity contribution in [1.82, 2.24) is 9.97 Å². The van der Waals surface area contributed by atoms with Crippen LogP contribution in [0.4, 0.5) is 26.1 Å². The molecule has 5 nitrogen and oxygen atoms in total. The van der Waals surface area contributed by atoms with E-state index in [9.17, 15) is 8.78 Å². The molecule has 1 fully saturated rings. The normalized spacial score (nSPS) is 14.2. The molecule has 2 heterocycles. The second-order valence-corrected chi connectivity index (χ2v) is 6.67. The highest BCUT2D eigenvalue weighted by atomic mass is 19.1. The summed E-state index contributed by atoms with van der Waals surface area (Å²) < 4.78 is 27.0. The summed E-state index contributed by atoms with van der Waals surface area (Å²) >= 11 is 0. The van der Waals surface area contributed by atoms with Gasteiger partial charge in [-0.3, -0.25) is 0 Å². The number of benzene rings is 2. The van der Waals surface area contributed by atoms with Gasteiger partial charge in [0.05, 0.1) is 5.69 Å². The van der Waals surface area contributed by atoms with Gasteiger partial charge in [0.2, 0.25) is 0 Å². The summed E-state index contributed by atoms with van der Waals surface area (Å²) in [5, 5.41) is 3.24. The Bertz CT molecular complexity index is 924. The van der Waals surface area contributed by atoms with Gasteiger partial charge in [0.1, 0.15) is 29.6 Å². The van der Waals surface area contributed by atoms with Crippen LogP contribution in [-0.4, -0.2) is 36.1 Å². The predicted octanol–water partition coefficient (Wildman–Crippen LogP) is 3.69. The zero-order valence-corrected chi connectivity index (χ0v) is 15.4. The van der Waals surface area contributed by atoms with Crippen LogP contribution in [0.25, 0.3) is 0 Å². The van der Waals surface area contributed by atoms with E-state index in [0.717, 1.165) is 37.6 Å². The van der Waals surface area contributed by atoms with Gasteiger partial charge in [0.25, 0.3) is 0 Å². The fourth-order valence-electron chi connectivity index (χ4n) is 3.30. The lowest BCUT2D eigenvalue weighted by molar-refractivity contribution is 0.596. The van der Waals surface area contributed by atoms with E-state index in [2.05, 4.69) is 25.1 Å². The van der Waals surface area contributed by atoms with Crippen molar-refractivity contribution in [3.8, 4) is 0 Å². The van der Waals surface area contributed by atoms with Crippen LogP contribution in [0.15, 0.2) is 60.9 Å². The quantitative estimate of drug-likeness (QED) is 0.730. The minimum atomic E-state index is -0.248. The smallest absolute Gasteiger partial charge is 0.146 e. The number of hydrogen-bond donors (Lipinski definition) is 1. The van der Waals surface area contributed by atoms with Gasteiger partial charge in [-0.1, -0.05) is 24.3 Å². The third kappa shape index (κ3) is 4.19. The molecule has 0 radical (unpaired) electrons. The molecule has 3 aromatic rings. The van der Waals surface area contributed by atoms with Gasteiger partial charge in [-0.05, 0) is 29.8 Å². The van der Waals surface area contributed by atoms with Crippen molar-refractivity contribution in [3.63, 3.8) is 0 Å². The standard InChI is InChI=1S/C21H21F2N5/c22-17-7-5-16(6-8-17)14-24-20-13-21(26-15-25-20)28-11-9-27(10-12-28)19-4-2-1-3-18(19)23/h1-8,13,15H,9-12,14H2,(H,24,25,26).